The smallest absolute Gasteiger partial charge is 0.410 e. The molecule has 2 amide bonds. The van der Waals surface area contributed by atoms with Crippen LogP contribution in [0.15, 0.2) is 48.5 Å². The third kappa shape index (κ3) is 4.68. The molecule has 152 valence electrons. The van der Waals surface area contributed by atoms with E-state index in [1.807, 2.05) is 12.1 Å². The van der Waals surface area contributed by atoms with Crippen molar-refractivity contribution in [3.05, 3.63) is 65.2 Å². The molecule has 0 bridgehead atoms. The lowest BCUT2D eigenvalue weighted by molar-refractivity contribution is -0.0308. The van der Waals surface area contributed by atoms with Gasteiger partial charge < -0.3 is 24.8 Å². The molecular weight excluding hydrogens is 372 g/mol. The Morgan fingerprint density at radius 1 is 1.10 bits per heavy atom. The number of hydrogen-bond acceptors (Lipinski definition) is 5. The van der Waals surface area contributed by atoms with E-state index in [-0.39, 0.29) is 30.0 Å². The standard InChI is InChI=1S/C22H24N2O5/c25-18-7-5-15(6-8-18)21(26)23-13-20-14-24(9-10-28-20)22(27)29-19-11-16-3-1-2-4-17(16)12-19/h1-8,19-20,25H,9-14H2,(H,23,26). The second-order valence-electron chi connectivity index (χ2n) is 7.38. The largest absolute Gasteiger partial charge is 0.508 e. The molecule has 4 rings (SSSR count). The molecule has 2 aliphatic rings. The molecule has 0 aromatic heterocycles. The molecule has 0 radical (unpaired) electrons. The summed E-state index contributed by atoms with van der Waals surface area (Å²) in [4.78, 5) is 26.4. The van der Waals surface area contributed by atoms with E-state index in [1.54, 1.807) is 17.0 Å². The van der Waals surface area contributed by atoms with E-state index >= 15 is 0 Å². The molecule has 1 unspecified atom stereocenters. The molecule has 2 N–H and O–H groups in total. The van der Waals surface area contributed by atoms with Crippen LogP contribution in [-0.4, -0.2) is 60.5 Å². The minimum absolute atomic E-state index is 0.108. The van der Waals surface area contributed by atoms with Crippen molar-refractivity contribution < 1.29 is 24.2 Å². The van der Waals surface area contributed by atoms with Crippen molar-refractivity contribution in [2.45, 2.75) is 25.0 Å². The predicted molar refractivity (Wildman–Crippen MR) is 106 cm³/mol. The average Bonchev–Trinajstić information content (AvgIpc) is 3.15. The lowest BCUT2D eigenvalue weighted by Crippen LogP contribution is -2.50. The average molecular weight is 396 g/mol. The molecule has 1 atom stereocenters. The first-order valence-electron chi connectivity index (χ1n) is 9.79. The highest BCUT2D eigenvalue weighted by molar-refractivity contribution is 5.94. The van der Waals surface area contributed by atoms with Crippen molar-refractivity contribution in [1.29, 1.82) is 0 Å². The van der Waals surface area contributed by atoms with Gasteiger partial charge >= 0.3 is 6.09 Å². The number of phenols is 1. The predicted octanol–water partition coefficient (Wildman–Crippen LogP) is 2.13. The number of aromatic hydroxyl groups is 1. The number of amides is 2. The summed E-state index contributed by atoms with van der Waals surface area (Å²) in [6.07, 6.45) is 0.742. The Hall–Kier alpha value is -3.06. The third-order valence-electron chi connectivity index (χ3n) is 5.30. The topological polar surface area (TPSA) is 88.1 Å². The number of benzene rings is 2. The molecule has 2 aromatic rings. The van der Waals surface area contributed by atoms with E-state index in [1.165, 1.54) is 23.3 Å². The van der Waals surface area contributed by atoms with Crippen molar-refractivity contribution in [2.24, 2.45) is 0 Å². The van der Waals surface area contributed by atoms with Crippen molar-refractivity contribution in [3.63, 3.8) is 0 Å². The van der Waals surface area contributed by atoms with Gasteiger partial charge in [-0.05, 0) is 35.4 Å². The fourth-order valence-corrected chi connectivity index (χ4v) is 3.75. The lowest BCUT2D eigenvalue weighted by Gasteiger charge is -2.33. The van der Waals surface area contributed by atoms with Crippen molar-refractivity contribution in [3.8, 4) is 5.75 Å². The Bertz CT molecular complexity index is 858. The zero-order chi connectivity index (χ0) is 20.2. The van der Waals surface area contributed by atoms with Crippen LogP contribution < -0.4 is 5.32 Å². The summed E-state index contributed by atoms with van der Waals surface area (Å²) in [5, 5.41) is 12.1. The summed E-state index contributed by atoms with van der Waals surface area (Å²) in [6, 6.07) is 14.2. The van der Waals surface area contributed by atoms with E-state index in [9.17, 15) is 14.7 Å². The number of carbonyl (C=O) groups excluding carboxylic acids is 2. The van der Waals surface area contributed by atoms with Crippen LogP contribution in [0.25, 0.3) is 0 Å². The van der Waals surface area contributed by atoms with Crippen molar-refractivity contribution in [2.75, 3.05) is 26.2 Å². The van der Waals surface area contributed by atoms with Gasteiger partial charge in [0.05, 0.1) is 19.3 Å². The summed E-state index contributed by atoms with van der Waals surface area (Å²) in [6.45, 7) is 1.54. The van der Waals surface area contributed by atoms with Gasteiger partial charge in [-0.2, -0.15) is 0 Å². The maximum absolute atomic E-state index is 12.6. The first-order valence-corrected chi connectivity index (χ1v) is 9.79. The van der Waals surface area contributed by atoms with Crippen LogP contribution in [0, 0.1) is 0 Å². The van der Waals surface area contributed by atoms with Crippen LogP contribution in [0.3, 0.4) is 0 Å². The van der Waals surface area contributed by atoms with E-state index < -0.39 is 0 Å². The highest BCUT2D eigenvalue weighted by Gasteiger charge is 2.30. The molecule has 7 heteroatoms. The van der Waals surface area contributed by atoms with Crippen LogP contribution in [-0.2, 0) is 22.3 Å². The maximum atomic E-state index is 12.6. The van der Waals surface area contributed by atoms with Crippen molar-refractivity contribution in [1.82, 2.24) is 10.2 Å². The van der Waals surface area contributed by atoms with Crippen LogP contribution in [0.1, 0.15) is 21.5 Å². The number of carbonyl (C=O) groups is 2. The number of morpholine rings is 1. The number of phenolic OH excluding ortho intramolecular Hbond substituents is 1. The Labute approximate surface area is 169 Å². The van der Waals surface area contributed by atoms with Gasteiger partial charge in [0.1, 0.15) is 11.9 Å². The van der Waals surface area contributed by atoms with Gasteiger partial charge in [-0.25, -0.2) is 4.79 Å². The quantitative estimate of drug-likeness (QED) is 0.827. The molecular formula is C22H24N2O5. The second kappa shape index (κ2) is 8.53. The molecule has 2 aromatic carbocycles. The Kier molecular flexibility index (Phi) is 5.67. The molecule has 0 spiro atoms. The Morgan fingerprint density at radius 3 is 2.48 bits per heavy atom. The Morgan fingerprint density at radius 2 is 1.79 bits per heavy atom. The molecule has 1 aliphatic carbocycles. The first-order chi connectivity index (χ1) is 14.1. The van der Waals surface area contributed by atoms with Crippen molar-refractivity contribution >= 4 is 12.0 Å². The fourth-order valence-electron chi connectivity index (χ4n) is 3.75. The van der Waals surface area contributed by atoms with Gasteiger partial charge in [0.2, 0.25) is 0 Å². The van der Waals surface area contributed by atoms with E-state index in [0.29, 0.717) is 31.8 Å². The van der Waals surface area contributed by atoms with Gasteiger partial charge in [-0.15, -0.1) is 0 Å². The van der Waals surface area contributed by atoms with Gasteiger partial charge in [0, 0.05) is 31.5 Å². The fraction of sp³-hybridized carbons (Fsp3) is 0.364. The SMILES string of the molecule is O=C(NCC1CN(C(=O)OC2Cc3ccccc3C2)CCO1)c1ccc(O)cc1. The summed E-state index contributed by atoms with van der Waals surface area (Å²) in [7, 11) is 0. The summed E-state index contributed by atoms with van der Waals surface area (Å²) < 4.78 is 11.4. The molecule has 7 nitrogen and oxygen atoms in total. The minimum atomic E-state index is -0.332. The van der Waals surface area contributed by atoms with Crippen LogP contribution in [0.5, 0.6) is 5.75 Å². The number of rotatable bonds is 4. The number of nitrogens with zero attached hydrogens (tertiary/aromatic N) is 1. The molecule has 1 aliphatic heterocycles. The monoisotopic (exact) mass is 396 g/mol. The molecule has 29 heavy (non-hydrogen) atoms. The number of fused-ring (bicyclic) bond motifs is 1. The normalized spacial score (nSPS) is 18.9. The second-order valence-corrected chi connectivity index (χ2v) is 7.38. The van der Waals surface area contributed by atoms with E-state index in [4.69, 9.17) is 9.47 Å². The highest BCUT2D eigenvalue weighted by atomic mass is 16.6. The number of nitrogens with one attached hydrogen (secondary N) is 1. The van der Waals surface area contributed by atoms with Crippen LogP contribution in [0.4, 0.5) is 4.79 Å². The molecule has 1 heterocycles. The van der Waals surface area contributed by atoms with E-state index in [0.717, 1.165) is 12.8 Å². The van der Waals surface area contributed by atoms with Gasteiger partial charge in [0.25, 0.3) is 5.91 Å². The number of hydrogen-bond donors (Lipinski definition) is 2. The number of ether oxygens (including phenoxy) is 2. The van der Waals surface area contributed by atoms with Gasteiger partial charge in [-0.1, -0.05) is 24.3 Å². The minimum Gasteiger partial charge on any atom is -0.508 e. The molecule has 1 saturated heterocycles. The first kappa shape index (κ1) is 19.3. The lowest BCUT2D eigenvalue weighted by atomic mass is 10.1. The Balaban J connectivity index is 1.25. The van der Waals surface area contributed by atoms with Gasteiger partial charge in [-0.3, -0.25) is 4.79 Å². The zero-order valence-electron chi connectivity index (χ0n) is 16.0. The van der Waals surface area contributed by atoms with E-state index in [2.05, 4.69) is 17.4 Å². The zero-order valence-corrected chi connectivity index (χ0v) is 16.0. The third-order valence-corrected chi connectivity index (χ3v) is 5.30. The summed E-state index contributed by atoms with van der Waals surface area (Å²) >= 11 is 0. The van der Waals surface area contributed by atoms with Gasteiger partial charge in [0.15, 0.2) is 0 Å². The maximum Gasteiger partial charge on any atom is 0.410 e. The highest BCUT2D eigenvalue weighted by Crippen LogP contribution is 2.24. The van der Waals surface area contributed by atoms with Crippen LogP contribution in [0.2, 0.25) is 0 Å². The summed E-state index contributed by atoms with van der Waals surface area (Å²) in [5.74, 6) is -0.145. The molecule has 0 saturated carbocycles. The molecule has 1 fully saturated rings. The van der Waals surface area contributed by atoms with Crippen LogP contribution >= 0.6 is 0 Å². The summed E-state index contributed by atoms with van der Waals surface area (Å²) in [5.41, 5.74) is 2.93.